The summed E-state index contributed by atoms with van der Waals surface area (Å²) in [7, 11) is 0. The van der Waals surface area contributed by atoms with E-state index in [0.717, 1.165) is 5.56 Å². The number of aliphatic carboxylic acids is 1. The summed E-state index contributed by atoms with van der Waals surface area (Å²) in [6.07, 6.45) is 5.01. The van der Waals surface area contributed by atoms with Crippen LogP contribution in [0.3, 0.4) is 0 Å². The van der Waals surface area contributed by atoms with E-state index in [9.17, 15) is 9.59 Å². The van der Waals surface area contributed by atoms with Gasteiger partial charge in [-0.15, -0.1) is 23.7 Å². The van der Waals surface area contributed by atoms with Crippen molar-refractivity contribution in [3.63, 3.8) is 0 Å². The average Bonchev–Trinajstić information content (AvgIpc) is 2.63. The van der Waals surface area contributed by atoms with Gasteiger partial charge in [-0.25, -0.2) is 4.79 Å². The predicted molar refractivity (Wildman–Crippen MR) is 61.4 cm³/mol. The van der Waals surface area contributed by atoms with E-state index in [0.29, 0.717) is 4.88 Å². The van der Waals surface area contributed by atoms with E-state index in [2.05, 4.69) is 11.2 Å². The number of hydrogen-bond donors (Lipinski definition) is 2. The maximum Gasteiger partial charge on any atom is 0.327 e. The molecule has 1 unspecified atom stereocenters. The second kappa shape index (κ2) is 5.33. The van der Waals surface area contributed by atoms with Crippen molar-refractivity contribution in [3.05, 3.63) is 21.9 Å². The van der Waals surface area contributed by atoms with E-state index in [4.69, 9.17) is 11.5 Å². The zero-order valence-electron chi connectivity index (χ0n) is 8.69. The Hall–Kier alpha value is -1.80. The molecule has 0 radical (unpaired) electrons. The highest BCUT2D eigenvalue weighted by atomic mass is 32.1. The number of nitrogens with one attached hydrogen (secondary N) is 1. The van der Waals surface area contributed by atoms with Crippen LogP contribution in [0.15, 0.2) is 11.4 Å². The van der Waals surface area contributed by atoms with Crippen molar-refractivity contribution < 1.29 is 14.7 Å². The van der Waals surface area contributed by atoms with Gasteiger partial charge in [-0.05, 0) is 23.9 Å². The Morgan fingerprint density at radius 3 is 2.81 bits per heavy atom. The third kappa shape index (κ3) is 2.84. The maximum atomic E-state index is 11.7. The van der Waals surface area contributed by atoms with Crippen LogP contribution in [0.1, 0.15) is 21.7 Å². The first-order valence-corrected chi connectivity index (χ1v) is 5.45. The van der Waals surface area contributed by atoms with Gasteiger partial charge in [0.15, 0.2) is 0 Å². The minimum Gasteiger partial charge on any atom is -0.480 e. The maximum absolute atomic E-state index is 11.7. The second-order valence-corrected chi connectivity index (χ2v) is 4.12. The predicted octanol–water partition coefficient (Wildman–Crippen LogP) is 1.26. The fourth-order valence-electron chi connectivity index (χ4n) is 1.15. The first kappa shape index (κ1) is 12.3. The fraction of sp³-hybridized carbons (Fsp3) is 0.273. The number of rotatable bonds is 4. The van der Waals surface area contributed by atoms with E-state index in [1.807, 2.05) is 0 Å². The molecule has 2 N–H and O–H groups in total. The molecule has 0 aliphatic heterocycles. The topological polar surface area (TPSA) is 66.4 Å². The lowest BCUT2D eigenvalue weighted by Crippen LogP contribution is -2.40. The van der Waals surface area contributed by atoms with Crippen LogP contribution in [0.4, 0.5) is 0 Å². The largest absolute Gasteiger partial charge is 0.480 e. The van der Waals surface area contributed by atoms with Crippen LogP contribution in [0.2, 0.25) is 0 Å². The number of amides is 1. The lowest BCUT2D eigenvalue weighted by atomic mass is 10.2. The summed E-state index contributed by atoms with van der Waals surface area (Å²) in [4.78, 5) is 23.0. The van der Waals surface area contributed by atoms with Gasteiger partial charge in [0.1, 0.15) is 6.04 Å². The highest BCUT2D eigenvalue weighted by molar-refractivity contribution is 7.12. The molecule has 0 spiro atoms. The Morgan fingerprint density at radius 1 is 1.69 bits per heavy atom. The molecule has 1 aromatic heterocycles. The Morgan fingerprint density at radius 2 is 2.38 bits per heavy atom. The van der Waals surface area contributed by atoms with Gasteiger partial charge in [0.05, 0.1) is 4.88 Å². The second-order valence-electron chi connectivity index (χ2n) is 3.21. The van der Waals surface area contributed by atoms with Crippen LogP contribution < -0.4 is 5.32 Å². The minimum atomic E-state index is -1.12. The highest BCUT2D eigenvalue weighted by Crippen LogP contribution is 2.15. The van der Waals surface area contributed by atoms with Gasteiger partial charge >= 0.3 is 5.97 Å². The van der Waals surface area contributed by atoms with Gasteiger partial charge in [-0.3, -0.25) is 4.79 Å². The van der Waals surface area contributed by atoms with Gasteiger partial charge in [0, 0.05) is 6.42 Å². The zero-order chi connectivity index (χ0) is 12.1. The molecule has 1 heterocycles. The molecule has 0 saturated heterocycles. The van der Waals surface area contributed by atoms with Crippen LogP contribution in [-0.2, 0) is 4.79 Å². The van der Waals surface area contributed by atoms with Gasteiger partial charge < -0.3 is 10.4 Å². The molecular formula is C11H11NO3S. The van der Waals surface area contributed by atoms with Crippen molar-refractivity contribution in [3.8, 4) is 12.3 Å². The smallest absolute Gasteiger partial charge is 0.327 e. The lowest BCUT2D eigenvalue weighted by molar-refractivity contribution is -0.139. The molecule has 16 heavy (non-hydrogen) atoms. The normalized spacial score (nSPS) is 11.5. The molecule has 1 rings (SSSR count). The van der Waals surface area contributed by atoms with Crippen molar-refractivity contribution in [2.24, 2.45) is 0 Å². The standard InChI is InChI=1S/C11H11NO3S/c1-3-4-8(11(14)15)12-10(13)9-7(2)5-6-16-9/h1,5-6,8H,4H2,2H3,(H,12,13)(H,14,15). The number of carboxylic acids is 1. The van der Waals surface area contributed by atoms with Crippen LogP contribution in [0.25, 0.3) is 0 Å². The third-order valence-electron chi connectivity index (χ3n) is 1.99. The number of hydrogen-bond acceptors (Lipinski definition) is 3. The lowest BCUT2D eigenvalue weighted by Gasteiger charge is -2.11. The van der Waals surface area contributed by atoms with Gasteiger partial charge in [-0.1, -0.05) is 0 Å². The van der Waals surface area contributed by atoms with Crippen molar-refractivity contribution in [1.29, 1.82) is 0 Å². The Labute approximate surface area is 97.3 Å². The number of carbonyl (C=O) groups excluding carboxylic acids is 1. The molecular weight excluding hydrogens is 226 g/mol. The summed E-state index contributed by atoms with van der Waals surface area (Å²) in [5.74, 6) is 0.704. The molecule has 1 atom stereocenters. The zero-order valence-corrected chi connectivity index (χ0v) is 9.50. The Balaban J connectivity index is 2.74. The highest BCUT2D eigenvalue weighted by Gasteiger charge is 2.20. The summed E-state index contributed by atoms with van der Waals surface area (Å²) in [6.45, 7) is 1.79. The van der Waals surface area contributed by atoms with E-state index in [-0.39, 0.29) is 6.42 Å². The molecule has 4 nitrogen and oxygen atoms in total. The van der Waals surface area contributed by atoms with Crippen LogP contribution >= 0.6 is 11.3 Å². The SMILES string of the molecule is C#CCC(NC(=O)c1sccc1C)C(=O)O. The summed E-state index contributed by atoms with van der Waals surface area (Å²) in [5.41, 5.74) is 0.826. The molecule has 1 aromatic rings. The van der Waals surface area contributed by atoms with Crippen LogP contribution in [-0.4, -0.2) is 23.0 Å². The van der Waals surface area contributed by atoms with E-state index in [1.54, 1.807) is 18.4 Å². The van der Waals surface area contributed by atoms with E-state index >= 15 is 0 Å². The van der Waals surface area contributed by atoms with Crippen molar-refractivity contribution >= 4 is 23.2 Å². The molecule has 0 aromatic carbocycles. The first-order chi connectivity index (χ1) is 7.56. The molecule has 1 amide bonds. The van der Waals surface area contributed by atoms with Crippen molar-refractivity contribution in [2.75, 3.05) is 0 Å². The quantitative estimate of drug-likeness (QED) is 0.775. The molecule has 84 valence electrons. The monoisotopic (exact) mass is 237 g/mol. The molecule has 0 saturated carbocycles. The molecule has 0 aliphatic carbocycles. The van der Waals surface area contributed by atoms with E-state index < -0.39 is 17.9 Å². The van der Waals surface area contributed by atoms with Crippen molar-refractivity contribution in [2.45, 2.75) is 19.4 Å². The molecule has 0 aliphatic rings. The van der Waals surface area contributed by atoms with E-state index in [1.165, 1.54) is 11.3 Å². The average molecular weight is 237 g/mol. The van der Waals surface area contributed by atoms with Gasteiger partial charge in [0.25, 0.3) is 5.91 Å². The summed E-state index contributed by atoms with van der Waals surface area (Å²) in [5, 5.41) is 13.0. The minimum absolute atomic E-state index is 0.0223. The Kier molecular flexibility index (Phi) is 4.09. The summed E-state index contributed by atoms with van der Waals surface area (Å²) in [6, 6.07) is 0.773. The number of carbonyl (C=O) groups is 2. The van der Waals surface area contributed by atoms with Gasteiger partial charge in [-0.2, -0.15) is 0 Å². The van der Waals surface area contributed by atoms with Crippen molar-refractivity contribution in [1.82, 2.24) is 5.32 Å². The van der Waals surface area contributed by atoms with Gasteiger partial charge in [0.2, 0.25) is 0 Å². The number of thiophene rings is 1. The third-order valence-corrected chi connectivity index (χ3v) is 3.01. The van der Waals surface area contributed by atoms with Crippen LogP contribution in [0, 0.1) is 19.3 Å². The number of terminal acetylenes is 1. The van der Waals surface area contributed by atoms with Crippen LogP contribution in [0.5, 0.6) is 0 Å². The summed E-state index contributed by atoms with van der Waals surface area (Å²) < 4.78 is 0. The molecule has 0 fully saturated rings. The first-order valence-electron chi connectivity index (χ1n) is 4.57. The molecule has 0 bridgehead atoms. The molecule has 5 heteroatoms. The number of carboxylic acid groups (broad SMARTS) is 1. The Bertz CT molecular complexity index is 444. The fourth-order valence-corrected chi connectivity index (χ4v) is 1.98. The number of aryl methyl sites for hydroxylation is 1. The summed E-state index contributed by atoms with van der Waals surface area (Å²) >= 11 is 1.27.